The van der Waals surface area contributed by atoms with Gasteiger partial charge in [-0.25, -0.2) is 19.0 Å². The van der Waals surface area contributed by atoms with Crippen LogP contribution in [0.2, 0.25) is 0 Å². The van der Waals surface area contributed by atoms with Crippen LogP contribution in [0.4, 0.5) is 32.2 Å². The molecule has 164 valence electrons. The molecular formula is C17H13F6N7O. The van der Waals surface area contributed by atoms with E-state index in [1.165, 1.54) is 0 Å². The van der Waals surface area contributed by atoms with Crippen LogP contribution >= 0.6 is 0 Å². The van der Waals surface area contributed by atoms with E-state index in [9.17, 15) is 31.1 Å². The van der Waals surface area contributed by atoms with E-state index in [1.54, 1.807) is 13.8 Å². The third kappa shape index (κ3) is 3.35. The molecular weight excluding hydrogens is 432 g/mol. The van der Waals surface area contributed by atoms with Crippen molar-refractivity contribution >= 4 is 22.8 Å². The van der Waals surface area contributed by atoms with Crippen LogP contribution in [-0.4, -0.2) is 48.0 Å². The summed E-state index contributed by atoms with van der Waals surface area (Å²) in [5.74, 6) is -6.21. The Morgan fingerprint density at radius 2 is 1.87 bits per heavy atom. The van der Waals surface area contributed by atoms with Crippen LogP contribution in [0, 0.1) is 5.82 Å². The number of carbonyl (C=O) groups excluding carboxylic acids is 1. The number of rotatable bonds is 4. The second kappa shape index (κ2) is 6.59. The van der Waals surface area contributed by atoms with Gasteiger partial charge in [0.05, 0.1) is 17.0 Å². The number of anilines is 1. The first-order chi connectivity index (χ1) is 14.3. The number of halogens is 6. The molecule has 1 amide bonds. The maximum absolute atomic E-state index is 13.8. The summed E-state index contributed by atoms with van der Waals surface area (Å²) in [6, 6.07) is 0.974. The van der Waals surface area contributed by atoms with Gasteiger partial charge in [-0.2, -0.15) is 27.1 Å². The predicted molar refractivity (Wildman–Crippen MR) is 93.6 cm³/mol. The summed E-state index contributed by atoms with van der Waals surface area (Å²) in [6.07, 6.45) is -6.55. The highest BCUT2D eigenvalue weighted by atomic mass is 19.4. The Bertz CT molecular complexity index is 1200. The summed E-state index contributed by atoms with van der Waals surface area (Å²) in [5, 5.41) is 14.3. The molecule has 4 heterocycles. The predicted octanol–water partition coefficient (Wildman–Crippen LogP) is 3.24. The molecule has 4 rings (SSSR count). The van der Waals surface area contributed by atoms with Crippen molar-refractivity contribution in [2.75, 3.05) is 5.32 Å². The van der Waals surface area contributed by atoms with Crippen molar-refractivity contribution in [1.29, 1.82) is 0 Å². The van der Waals surface area contributed by atoms with Crippen molar-refractivity contribution in [1.82, 2.24) is 29.9 Å². The number of carbonyl (C=O) groups is 1. The molecule has 0 atom stereocenters. The molecule has 0 spiro atoms. The molecule has 1 aliphatic rings. The van der Waals surface area contributed by atoms with E-state index >= 15 is 0 Å². The van der Waals surface area contributed by atoms with Gasteiger partial charge in [-0.1, -0.05) is 0 Å². The molecule has 0 fully saturated rings. The highest BCUT2D eigenvalue weighted by Gasteiger charge is 2.56. The molecule has 0 unspecified atom stereocenters. The smallest absolute Gasteiger partial charge is 0.308 e. The standard InChI is InChI=1S/C17H13F6N7O/c1-15(2)10-12(26-14(15)31)25-11(28-27-10)9-8-5-7(18)6-24-13(8)30(29-9)4-3-16(19,20)17(21,22)23/h5-6H,3-4H2,1-2H3,(H,25,26,28,31). The zero-order valence-electron chi connectivity index (χ0n) is 15.9. The van der Waals surface area contributed by atoms with E-state index in [0.717, 1.165) is 16.9 Å². The van der Waals surface area contributed by atoms with Crippen molar-refractivity contribution in [2.45, 2.75) is 44.3 Å². The zero-order chi connectivity index (χ0) is 22.8. The number of aromatic nitrogens is 6. The van der Waals surface area contributed by atoms with Crippen molar-refractivity contribution in [3.63, 3.8) is 0 Å². The summed E-state index contributed by atoms with van der Waals surface area (Å²) in [7, 11) is 0. The maximum atomic E-state index is 13.8. The summed E-state index contributed by atoms with van der Waals surface area (Å²) < 4.78 is 78.7. The number of nitrogens with zero attached hydrogens (tertiary/aromatic N) is 6. The van der Waals surface area contributed by atoms with Crippen LogP contribution in [0.3, 0.4) is 0 Å². The molecule has 3 aromatic heterocycles. The van der Waals surface area contributed by atoms with Gasteiger partial charge in [0.1, 0.15) is 17.2 Å². The molecule has 14 heteroatoms. The zero-order valence-corrected chi connectivity index (χ0v) is 15.9. The fourth-order valence-electron chi connectivity index (χ4n) is 3.05. The first-order valence-corrected chi connectivity index (χ1v) is 8.85. The van der Waals surface area contributed by atoms with E-state index in [-0.39, 0.29) is 40.0 Å². The molecule has 0 saturated carbocycles. The molecule has 0 saturated heterocycles. The van der Waals surface area contributed by atoms with E-state index in [0.29, 0.717) is 0 Å². The Morgan fingerprint density at radius 3 is 2.55 bits per heavy atom. The minimum Gasteiger partial charge on any atom is -0.308 e. The number of amides is 1. The van der Waals surface area contributed by atoms with Gasteiger partial charge in [-0.05, 0) is 19.9 Å². The largest absolute Gasteiger partial charge is 0.453 e. The lowest BCUT2D eigenvalue weighted by atomic mass is 9.91. The molecule has 1 aliphatic heterocycles. The molecule has 8 nitrogen and oxygen atoms in total. The molecule has 0 aliphatic carbocycles. The Labute approximate surface area is 169 Å². The fourth-order valence-corrected chi connectivity index (χ4v) is 3.05. The molecule has 1 N–H and O–H groups in total. The van der Waals surface area contributed by atoms with E-state index in [4.69, 9.17) is 0 Å². The Kier molecular flexibility index (Phi) is 4.45. The lowest BCUT2D eigenvalue weighted by Gasteiger charge is -2.19. The van der Waals surface area contributed by atoms with Gasteiger partial charge in [-0.15, -0.1) is 10.2 Å². The van der Waals surface area contributed by atoms with E-state index in [1.807, 2.05) is 0 Å². The van der Waals surface area contributed by atoms with Crippen LogP contribution in [0.1, 0.15) is 26.0 Å². The van der Waals surface area contributed by atoms with Gasteiger partial charge in [0.2, 0.25) is 11.7 Å². The van der Waals surface area contributed by atoms with Crippen molar-refractivity contribution in [3.05, 3.63) is 23.8 Å². The van der Waals surface area contributed by atoms with Gasteiger partial charge in [-0.3, -0.25) is 4.79 Å². The van der Waals surface area contributed by atoms with Crippen LogP contribution in [-0.2, 0) is 16.8 Å². The van der Waals surface area contributed by atoms with Gasteiger partial charge in [0.25, 0.3) is 0 Å². The van der Waals surface area contributed by atoms with Crippen molar-refractivity contribution < 1.29 is 31.1 Å². The molecule has 0 radical (unpaired) electrons. The van der Waals surface area contributed by atoms with Crippen LogP contribution < -0.4 is 5.32 Å². The topological polar surface area (TPSA) is 98.5 Å². The number of nitrogens with one attached hydrogen (secondary N) is 1. The summed E-state index contributed by atoms with van der Waals surface area (Å²) in [5.41, 5.74) is -1.000. The first-order valence-electron chi connectivity index (χ1n) is 8.85. The van der Waals surface area contributed by atoms with Crippen LogP contribution in [0.5, 0.6) is 0 Å². The Morgan fingerprint density at radius 1 is 1.16 bits per heavy atom. The third-order valence-corrected chi connectivity index (χ3v) is 4.90. The molecule has 3 aromatic rings. The van der Waals surface area contributed by atoms with Gasteiger partial charge in [0.15, 0.2) is 11.5 Å². The fraction of sp³-hybridized carbons (Fsp3) is 0.412. The van der Waals surface area contributed by atoms with Crippen LogP contribution in [0.15, 0.2) is 12.3 Å². The molecule has 31 heavy (non-hydrogen) atoms. The summed E-state index contributed by atoms with van der Waals surface area (Å²) >= 11 is 0. The monoisotopic (exact) mass is 445 g/mol. The quantitative estimate of drug-likeness (QED) is 0.620. The SMILES string of the molecule is CC1(C)C(=O)Nc2nc(-c3nn(CCC(F)(F)C(F)(F)F)c4ncc(F)cc34)nnc21. The van der Waals surface area contributed by atoms with Crippen LogP contribution in [0.25, 0.3) is 22.6 Å². The van der Waals surface area contributed by atoms with E-state index < -0.39 is 36.3 Å². The van der Waals surface area contributed by atoms with Crippen molar-refractivity contribution in [2.24, 2.45) is 0 Å². The number of hydrogen-bond acceptors (Lipinski definition) is 6. The molecule has 0 bridgehead atoms. The lowest BCUT2D eigenvalue weighted by molar-refractivity contribution is -0.285. The second-order valence-corrected chi connectivity index (χ2v) is 7.46. The Balaban J connectivity index is 1.77. The first kappa shape index (κ1) is 20.9. The minimum absolute atomic E-state index is 0.0133. The third-order valence-electron chi connectivity index (χ3n) is 4.90. The number of pyridine rings is 1. The summed E-state index contributed by atoms with van der Waals surface area (Å²) in [6.45, 7) is 2.35. The number of alkyl halides is 5. The van der Waals surface area contributed by atoms with E-state index in [2.05, 4.69) is 30.6 Å². The average molecular weight is 445 g/mol. The van der Waals surface area contributed by atoms with Gasteiger partial charge < -0.3 is 5.32 Å². The average Bonchev–Trinajstić information content (AvgIpc) is 3.13. The van der Waals surface area contributed by atoms with Gasteiger partial charge in [0, 0.05) is 13.0 Å². The lowest BCUT2D eigenvalue weighted by Crippen LogP contribution is -2.37. The summed E-state index contributed by atoms with van der Waals surface area (Å²) in [4.78, 5) is 20.0. The Hall–Kier alpha value is -3.32. The number of fused-ring (bicyclic) bond motifs is 2. The van der Waals surface area contributed by atoms with Gasteiger partial charge >= 0.3 is 12.1 Å². The maximum Gasteiger partial charge on any atom is 0.453 e. The van der Waals surface area contributed by atoms with Crippen molar-refractivity contribution in [3.8, 4) is 11.5 Å². The normalized spacial score (nSPS) is 15.9. The minimum atomic E-state index is -5.73. The number of aryl methyl sites for hydroxylation is 1. The molecule has 0 aromatic carbocycles. The highest BCUT2D eigenvalue weighted by molar-refractivity contribution is 6.04. The highest BCUT2D eigenvalue weighted by Crippen LogP contribution is 2.39. The number of hydrogen-bond donors (Lipinski definition) is 1. The second-order valence-electron chi connectivity index (χ2n) is 7.46.